The van der Waals surface area contributed by atoms with Crippen molar-refractivity contribution in [3.8, 4) is 0 Å². The first-order valence-corrected chi connectivity index (χ1v) is 8.51. The molecule has 114 valence electrons. The molecular weight excluding hydrogens is 327 g/mol. The molecule has 0 amide bonds. The number of fused-ring (bicyclic) bond motifs is 1. The molecule has 0 saturated heterocycles. The Kier molecular flexibility index (Phi) is 4.89. The maximum atomic E-state index is 6.10. The summed E-state index contributed by atoms with van der Waals surface area (Å²) in [6.07, 6.45) is 6.68. The third kappa shape index (κ3) is 3.45. The summed E-state index contributed by atoms with van der Waals surface area (Å²) in [5.41, 5.74) is 1.88. The highest BCUT2D eigenvalue weighted by molar-refractivity contribution is 7.71. The van der Waals surface area contributed by atoms with Gasteiger partial charge in [-0.15, -0.1) is 0 Å². The molecule has 3 nitrogen and oxygen atoms in total. The Labute approximate surface area is 139 Å². The molecule has 2 aromatic rings. The molecule has 0 radical (unpaired) electrons. The molecule has 0 spiro atoms. The molecule has 1 N–H and O–H groups in total. The molecule has 3 rings (SSSR count). The predicted molar refractivity (Wildman–Crippen MR) is 90.0 cm³/mol. The number of aromatic nitrogens is 2. The van der Waals surface area contributed by atoms with E-state index in [-0.39, 0.29) is 0 Å². The van der Waals surface area contributed by atoms with E-state index in [1.165, 1.54) is 32.1 Å². The Hall–Kier alpha value is -0.550. The fourth-order valence-electron chi connectivity index (χ4n) is 2.92. The first kappa shape index (κ1) is 15.3. The molecule has 1 aliphatic rings. The van der Waals surface area contributed by atoms with Crippen LogP contribution in [-0.4, -0.2) is 22.3 Å². The second kappa shape index (κ2) is 6.69. The van der Waals surface area contributed by atoms with Crippen molar-refractivity contribution >= 4 is 46.5 Å². The van der Waals surface area contributed by atoms with Crippen LogP contribution in [0.5, 0.6) is 0 Å². The quantitative estimate of drug-likeness (QED) is 0.757. The Balaban J connectivity index is 1.72. The zero-order valence-corrected chi connectivity index (χ0v) is 14.0. The van der Waals surface area contributed by atoms with Gasteiger partial charge in [-0.3, -0.25) is 0 Å². The number of hydrogen-bond acceptors (Lipinski definition) is 2. The van der Waals surface area contributed by atoms with E-state index < -0.39 is 0 Å². The number of benzene rings is 1. The van der Waals surface area contributed by atoms with E-state index in [0.717, 1.165) is 17.6 Å². The molecule has 1 heterocycles. The van der Waals surface area contributed by atoms with Crippen LogP contribution < -0.4 is 0 Å². The Morgan fingerprint density at radius 1 is 1.19 bits per heavy atom. The lowest BCUT2D eigenvalue weighted by Gasteiger charge is -2.22. The minimum atomic E-state index is 0.413. The highest BCUT2D eigenvalue weighted by Gasteiger charge is 2.14. The van der Waals surface area contributed by atoms with Gasteiger partial charge < -0.3 is 14.3 Å². The predicted octanol–water partition coefficient (Wildman–Crippen LogP) is 5.35. The zero-order valence-electron chi connectivity index (χ0n) is 11.7. The average Bonchev–Trinajstić information content (AvgIpc) is 2.76. The summed E-state index contributed by atoms with van der Waals surface area (Å²) in [5, 5.41) is 1.08. The van der Waals surface area contributed by atoms with Crippen LogP contribution in [0.2, 0.25) is 10.0 Å². The molecule has 1 fully saturated rings. The molecule has 1 aliphatic carbocycles. The van der Waals surface area contributed by atoms with Crippen molar-refractivity contribution in [3.63, 3.8) is 0 Å². The number of rotatable bonds is 4. The molecule has 6 heteroatoms. The molecule has 0 aliphatic heterocycles. The van der Waals surface area contributed by atoms with Crippen LogP contribution in [0.3, 0.4) is 0 Å². The van der Waals surface area contributed by atoms with E-state index in [4.69, 9.17) is 40.2 Å². The van der Waals surface area contributed by atoms with Gasteiger partial charge in [0.05, 0.1) is 33.8 Å². The summed E-state index contributed by atoms with van der Waals surface area (Å²) >= 11 is 17.5. The maximum absolute atomic E-state index is 6.10. The summed E-state index contributed by atoms with van der Waals surface area (Å²) in [5.74, 6) is 0. The molecule has 0 unspecified atom stereocenters. The smallest absolute Gasteiger partial charge is 0.178 e. The standard InChI is InChI=1S/C15H18Cl2N2OS/c16-11-8-13-14(9-12(11)17)19(15(21)18-13)6-7-20-10-4-2-1-3-5-10/h8-10H,1-7H2,(H,18,21). The fraction of sp³-hybridized carbons (Fsp3) is 0.533. The van der Waals surface area contributed by atoms with Crippen molar-refractivity contribution in [1.82, 2.24) is 9.55 Å². The molecule has 1 aromatic heterocycles. The number of aromatic amines is 1. The fourth-order valence-corrected chi connectivity index (χ4v) is 3.54. The van der Waals surface area contributed by atoms with Crippen molar-refractivity contribution < 1.29 is 4.74 Å². The van der Waals surface area contributed by atoms with Crippen LogP contribution in [0.1, 0.15) is 32.1 Å². The second-order valence-electron chi connectivity index (χ2n) is 5.50. The Morgan fingerprint density at radius 3 is 2.67 bits per heavy atom. The van der Waals surface area contributed by atoms with Gasteiger partial charge in [0.2, 0.25) is 0 Å². The van der Waals surface area contributed by atoms with E-state index in [9.17, 15) is 0 Å². The van der Waals surface area contributed by atoms with Crippen LogP contribution in [0.25, 0.3) is 11.0 Å². The minimum Gasteiger partial charge on any atom is -0.376 e. The monoisotopic (exact) mass is 344 g/mol. The van der Waals surface area contributed by atoms with E-state index in [1.54, 1.807) is 0 Å². The lowest BCUT2D eigenvalue weighted by atomic mass is 9.98. The topological polar surface area (TPSA) is 29.9 Å². The average molecular weight is 345 g/mol. The Morgan fingerprint density at radius 2 is 1.90 bits per heavy atom. The van der Waals surface area contributed by atoms with Gasteiger partial charge in [-0.1, -0.05) is 42.5 Å². The maximum Gasteiger partial charge on any atom is 0.178 e. The summed E-state index contributed by atoms with van der Waals surface area (Å²) in [6, 6.07) is 3.67. The number of nitrogens with zero attached hydrogens (tertiary/aromatic N) is 1. The number of halogens is 2. The summed E-state index contributed by atoms with van der Waals surface area (Å²) in [6.45, 7) is 1.40. The number of imidazole rings is 1. The first-order chi connectivity index (χ1) is 10.1. The second-order valence-corrected chi connectivity index (χ2v) is 6.70. The van der Waals surface area contributed by atoms with Gasteiger partial charge in [-0.25, -0.2) is 0 Å². The molecule has 21 heavy (non-hydrogen) atoms. The first-order valence-electron chi connectivity index (χ1n) is 7.34. The van der Waals surface area contributed by atoms with Crippen LogP contribution in [0, 0.1) is 4.77 Å². The molecule has 1 aromatic carbocycles. The molecule has 0 atom stereocenters. The minimum absolute atomic E-state index is 0.413. The lowest BCUT2D eigenvalue weighted by molar-refractivity contribution is 0.0243. The van der Waals surface area contributed by atoms with Crippen molar-refractivity contribution in [1.29, 1.82) is 0 Å². The van der Waals surface area contributed by atoms with Gasteiger partial charge in [-0.2, -0.15) is 0 Å². The van der Waals surface area contributed by atoms with Crippen LogP contribution in [0.4, 0.5) is 0 Å². The van der Waals surface area contributed by atoms with Gasteiger partial charge in [0.15, 0.2) is 4.77 Å². The van der Waals surface area contributed by atoms with Crippen molar-refractivity contribution in [3.05, 3.63) is 26.9 Å². The van der Waals surface area contributed by atoms with E-state index >= 15 is 0 Å². The van der Waals surface area contributed by atoms with Crippen molar-refractivity contribution in [2.45, 2.75) is 44.8 Å². The molecule has 0 bridgehead atoms. The Bertz CT molecular complexity index is 689. The van der Waals surface area contributed by atoms with E-state index in [1.807, 2.05) is 16.7 Å². The van der Waals surface area contributed by atoms with Crippen LogP contribution in [-0.2, 0) is 11.3 Å². The molecular formula is C15H18Cl2N2OS. The molecule has 1 saturated carbocycles. The van der Waals surface area contributed by atoms with Gasteiger partial charge >= 0.3 is 0 Å². The third-order valence-electron chi connectivity index (χ3n) is 4.04. The number of H-pyrrole nitrogens is 1. The summed E-state index contributed by atoms with van der Waals surface area (Å²) in [7, 11) is 0. The SMILES string of the molecule is S=c1[nH]c2cc(Cl)c(Cl)cc2n1CCOC1CCCCC1. The summed E-state index contributed by atoms with van der Waals surface area (Å²) < 4.78 is 8.67. The van der Waals surface area contributed by atoms with E-state index in [0.29, 0.717) is 27.5 Å². The highest BCUT2D eigenvalue weighted by Crippen LogP contribution is 2.27. The van der Waals surface area contributed by atoms with Gasteiger partial charge in [0.25, 0.3) is 0 Å². The number of nitrogens with one attached hydrogen (secondary N) is 1. The van der Waals surface area contributed by atoms with Crippen molar-refractivity contribution in [2.24, 2.45) is 0 Å². The van der Waals surface area contributed by atoms with Gasteiger partial charge in [0, 0.05) is 6.54 Å². The van der Waals surface area contributed by atoms with Crippen molar-refractivity contribution in [2.75, 3.05) is 6.61 Å². The summed E-state index contributed by atoms with van der Waals surface area (Å²) in [4.78, 5) is 3.16. The van der Waals surface area contributed by atoms with Gasteiger partial charge in [-0.05, 0) is 37.2 Å². The van der Waals surface area contributed by atoms with Gasteiger partial charge in [0.1, 0.15) is 0 Å². The number of hydrogen-bond donors (Lipinski definition) is 1. The van der Waals surface area contributed by atoms with Crippen LogP contribution in [0.15, 0.2) is 12.1 Å². The number of ether oxygens (including phenoxy) is 1. The zero-order chi connectivity index (χ0) is 14.8. The highest BCUT2D eigenvalue weighted by atomic mass is 35.5. The largest absolute Gasteiger partial charge is 0.376 e. The van der Waals surface area contributed by atoms with E-state index in [2.05, 4.69) is 4.98 Å². The third-order valence-corrected chi connectivity index (χ3v) is 5.08. The normalized spacial score (nSPS) is 16.7. The van der Waals surface area contributed by atoms with Crippen LogP contribution >= 0.6 is 35.4 Å². The lowest BCUT2D eigenvalue weighted by Crippen LogP contribution is -2.19.